The van der Waals surface area contributed by atoms with Crippen molar-refractivity contribution in [2.45, 2.75) is 0 Å². The highest BCUT2D eigenvalue weighted by molar-refractivity contribution is 7.26. The summed E-state index contributed by atoms with van der Waals surface area (Å²) in [6.45, 7) is 0. The molecule has 2 aromatic heterocycles. The van der Waals surface area contributed by atoms with Gasteiger partial charge in [0.2, 0.25) is 0 Å². The van der Waals surface area contributed by atoms with Crippen molar-refractivity contribution < 1.29 is 4.42 Å². The number of furan rings is 1. The minimum absolute atomic E-state index is 0.905. The molecule has 0 atom stereocenters. The normalized spacial score (nSPS) is 11.5. The van der Waals surface area contributed by atoms with Crippen molar-refractivity contribution in [3.05, 3.63) is 212 Å². The lowest BCUT2D eigenvalue weighted by atomic mass is 9.88. The number of benzene rings is 9. The Balaban J connectivity index is 1.10. The average molecular weight is 746 g/mol. The molecule has 0 saturated heterocycles. The van der Waals surface area contributed by atoms with Gasteiger partial charge >= 0.3 is 0 Å². The first-order valence-corrected chi connectivity index (χ1v) is 20.2. The summed E-state index contributed by atoms with van der Waals surface area (Å²) in [5.74, 6) is 0. The number of anilines is 3. The van der Waals surface area contributed by atoms with Crippen LogP contribution in [0.15, 0.2) is 217 Å². The first-order chi connectivity index (χ1) is 28.3. The monoisotopic (exact) mass is 745 g/mol. The van der Waals surface area contributed by atoms with E-state index in [-0.39, 0.29) is 0 Å². The molecule has 11 rings (SSSR count). The maximum absolute atomic E-state index is 6.16. The molecular formula is C54H35NOS. The average Bonchev–Trinajstić information content (AvgIpc) is 3.86. The second-order valence-corrected chi connectivity index (χ2v) is 15.5. The van der Waals surface area contributed by atoms with Crippen LogP contribution in [0.3, 0.4) is 0 Å². The fourth-order valence-corrected chi connectivity index (χ4v) is 9.67. The summed E-state index contributed by atoms with van der Waals surface area (Å²) in [5.41, 5.74) is 14.7. The maximum Gasteiger partial charge on any atom is 0.135 e. The van der Waals surface area contributed by atoms with E-state index in [1.807, 2.05) is 23.5 Å². The summed E-state index contributed by atoms with van der Waals surface area (Å²) in [4.78, 5) is 2.46. The van der Waals surface area contributed by atoms with E-state index in [0.29, 0.717) is 0 Å². The highest BCUT2D eigenvalue weighted by Crippen LogP contribution is 2.49. The van der Waals surface area contributed by atoms with E-state index < -0.39 is 0 Å². The van der Waals surface area contributed by atoms with Gasteiger partial charge in [0.15, 0.2) is 0 Å². The quantitative estimate of drug-likeness (QED) is 0.162. The Hall–Kier alpha value is -7.20. The summed E-state index contributed by atoms with van der Waals surface area (Å²) in [6, 6.07) is 76.5. The van der Waals surface area contributed by atoms with E-state index in [2.05, 4.69) is 205 Å². The molecule has 0 N–H and O–H groups in total. The molecule has 2 heterocycles. The van der Waals surface area contributed by atoms with Crippen LogP contribution < -0.4 is 4.90 Å². The number of hydrogen-bond acceptors (Lipinski definition) is 3. The topological polar surface area (TPSA) is 16.4 Å². The standard InChI is InChI=1S/C54H35NOS/c1-2-15-37(16-3-1)40-17-4-5-18-41(40)42-19-6-7-20-43(42)44-21-8-11-25-49(44)55(50-26-14-24-47-46-23-10-13-28-53(46)57-54(47)50)39-32-29-36(30-33-39)38-31-34-52-48(35-38)45-22-9-12-27-51(45)56-52/h1-35H. The van der Waals surface area contributed by atoms with E-state index >= 15 is 0 Å². The molecule has 0 spiro atoms. The summed E-state index contributed by atoms with van der Waals surface area (Å²) in [7, 11) is 0. The highest BCUT2D eigenvalue weighted by Gasteiger charge is 2.23. The zero-order chi connectivity index (χ0) is 37.7. The van der Waals surface area contributed by atoms with Crippen molar-refractivity contribution >= 4 is 70.5 Å². The van der Waals surface area contributed by atoms with Gasteiger partial charge in [-0.1, -0.05) is 164 Å². The molecule has 0 amide bonds. The van der Waals surface area contributed by atoms with Gasteiger partial charge < -0.3 is 9.32 Å². The van der Waals surface area contributed by atoms with Crippen LogP contribution in [0.1, 0.15) is 0 Å². The van der Waals surface area contributed by atoms with E-state index in [9.17, 15) is 0 Å². The summed E-state index contributed by atoms with van der Waals surface area (Å²) >= 11 is 1.86. The fourth-order valence-electron chi connectivity index (χ4n) is 8.46. The number of rotatable bonds is 7. The molecule has 268 valence electrons. The predicted molar refractivity (Wildman–Crippen MR) is 243 cm³/mol. The Morgan fingerprint density at radius 2 is 0.895 bits per heavy atom. The van der Waals surface area contributed by atoms with Crippen LogP contribution >= 0.6 is 11.3 Å². The van der Waals surface area contributed by atoms with E-state index in [1.165, 1.54) is 48.0 Å². The minimum Gasteiger partial charge on any atom is -0.456 e. The zero-order valence-corrected chi connectivity index (χ0v) is 31.8. The van der Waals surface area contributed by atoms with Gasteiger partial charge in [-0.25, -0.2) is 0 Å². The molecule has 0 unspecified atom stereocenters. The number of para-hydroxylation sites is 2. The highest BCUT2D eigenvalue weighted by atomic mass is 32.1. The molecule has 0 bridgehead atoms. The Morgan fingerprint density at radius 3 is 1.70 bits per heavy atom. The number of thiophene rings is 1. The van der Waals surface area contributed by atoms with Gasteiger partial charge in [-0.2, -0.15) is 0 Å². The lowest BCUT2D eigenvalue weighted by Crippen LogP contribution is -2.11. The van der Waals surface area contributed by atoms with Crippen molar-refractivity contribution in [3.63, 3.8) is 0 Å². The third-order valence-corrected chi connectivity index (χ3v) is 12.3. The van der Waals surface area contributed by atoms with Crippen LogP contribution in [-0.4, -0.2) is 0 Å². The molecule has 2 nitrogen and oxygen atoms in total. The Morgan fingerprint density at radius 1 is 0.333 bits per heavy atom. The third kappa shape index (κ3) is 5.71. The maximum atomic E-state index is 6.16. The number of hydrogen-bond donors (Lipinski definition) is 0. The smallest absolute Gasteiger partial charge is 0.135 e. The van der Waals surface area contributed by atoms with Crippen molar-refractivity contribution in [3.8, 4) is 44.5 Å². The first kappa shape index (κ1) is 33.2. The Labute approximate surface area is 335 Å². The van der Waals surface area contributed by atoms with Gasteiger partial charge in [-0.3, -0.25) is 0 Å². The SMILES string of the molecule is c1ccc(-c2ccccc2-c2ccccc2-c2ccccc2N(c2ccc(-c3ccc4oc5ccccc5c4c3)cc2)c2cccc3c2sc2ccccc23)cc1. The molecule has 11 aromatic rings. The molecule has 9 aromatic carbocycles. The molecule has 0 saturated carbocycles. The number of fused-ring (bicyclic) bond motifs is 6. The number of nitrogens with zero attached hydrogens (tertiary/aromatic N) is 1. The lowest BCUT2D eigenvalue weighted by molar-refractivity contribution is 0.669. The van der Waals surface area contributed by atoms with Gasteiger partial charge in [0.25, 0.3) is 0 Å². The Kier molecular flexibility index (Phi) is 8.04. The molecule has 0 aliphatic carbocycles. The van der Waals surface area contributed by atoms with Crippen LogP contribution in [0.2, 0.25) is 0 Å². The van der Waals surface area contributed by atoms with Crippen LogP contribution in [0, 0.1) is 0 Å². The summed E-state index contributed by atoms with van der Waals surface area (Å²) < 4.78 is 8.70. The molecule has 3 heteroatoms. The van der Waals surface area contributed by atoms with Gasteiger partial charge in [0, 0.05) is 37.5 Å². The first-order valence-electron chi connectivity index (χ1n) is 19.3. The lowest BCUT2D eigenvalue weighted by Gasteiger charge is -2.29. The molecule has 0 radical (unpaired) electrons. The van der Waals surface area contributed by atoms with Gasteiger partial charge in [0.05, 0.1) is 16.1 Å². The fraction of sp³-hybridized carbons (Fsp3) is 0. The van der Waals surface area contributed by atoms with Crippen molar-refractivity contribution in [1.29, 1.82) is 0 Å². The van der Waals surface area contributed by atoms with Gasteiger partial charge in [-0.15, -0.1) is 11.3 Å². The molecule has 0 aliphatic heterocycles. The van der Waals surface area contributed by atoms with Crippen molar-refractivity contribution in [2.75, 3.05) is 4.90 Å². The van der Waals surface area contributed by atoms with Crippen molar-refractivity contribution in [2.24, 2.45) is 0 Å². The summed E-state index contributed by atoms with van der Waals surface area (Å²) in [5, 5.41) is 4.82. The van der Waals surface area contributed by atoms with E-state index in [0.717, 1.165) is 55.7 Å². The second-order valence-electron chi connectivity index (χ2n) is 14.4. The van der Waals surface area contributed by atoms with Gasteiger partial charge in [0.1, 0.15) is 11.2 Å². The molecular weight excluding hydrogens is 711 g/mol. The van der Waals surface area contributed by atoms with Crippen molar-refractivity contribution in [1.82, 2.24) is 0 Å². The van der Waals surface area contributed by atoms with E-state index in [4.69, 9.17) is 4.42 Å². The van der Waals surface area contributed by atoms with Crippen LogP contribution in [0.4, 0.5) is 17.1 Å². The Bertz CT molecular complexity index is 3250. The largest absolute Gasteiger partial charge is 0.456 e. The molecule has 0 fully saturated rings. The third-order valence-electron chi connectivity index (χ3n) is 11.1. The van der Waals surface area contributed by atoms with Crippen LogP contribution in [-0.2, 0) is 0 Å². The van der Waals surface area contributed by atoms with Crippen LogP contribution in [0.5, 0.6) is 0 Å². The molecule has 0 aliphatic rings. The van der Waals surface area contributed by atoms with Crippen LogP contribution in [0.25, 0.3) is 86.6 Å². The zero-order valence-electron chi connectivity index (χ0n) is 31.0. The minimum atomic E-state index is 0.905. The predicted octanol–water partition coefficient (Wildman–Crippen LogP) is 16.1. The second kappa shape index (κ2) is 13.8. The molecule has 57 heavy (non-hydrogen) atoms. The van der Waals surface area contributed by atoms with E-state index in [1.54, 1.807) is 0 Å². The summed E-state index contributed by atoms with van der Waals surface area (Å²) in [6.07, 6.45) is 0. The van der Waals surface area contributed by atoms with Gasteiger partial charge in [-0.05, 0) is 87.5 Å².